The number of unbranched alkanes of at least 4 members (excludes halogenated alkanes) is 1. The first-order chi connectivity index (χ1) is 64.0. The van der Waals surface area contributed by atoms with E-state index in [4.69, 9.17) is 11.5 Å². The fourth-order valence-electron chi connectivity index (χ4n) is 16.5. The van der Waals surface area contributed by atoms with E-state index in [9.17, 15) is 58.4 Å². The summed E-state index contributed by atoms with van der Waals surface area (Å²) in [6.07, 6.45) is -6.65. The lowest BCUT2D eigenvalue weighted by Gasteiger charge is -2.38. The molecule has 5 aromatic carbocycles. The number of fused-ring (bicyclic) bond motifs is 3. The predicted octanol–water partition coefficient (Wildman–Crippen LogP) is 0.0679. The molecule has 15 atom stereocenters. The topological polar surface area (TPSA) is 563 Å². The number of H-pyrrole nitrogens is 1. The van der Waals surface area contributed by atoms with Gasteiger partial charge in [0.05, 0.1) is 30.9 Å². The maximum absolute atomic E-state index is 15.7. The van der Waals surface area contributed by atoms with Crippen LogP contribution >= 0.6 is 11.8 Å². The van der Waals surface area contributed by atoms with Gasteiger partial charge >= 0.3 is 5.97 Å². The molecule has 38 nitrogen and oxygen atoms in total. The highest BCUT2D eigenvalue weighted by Crippen LogP contribution is 2.29. The van der Waals surface area contributed by atoms with Crippen molar-refractivity contribution in [1.29, 1.82) is 0 Å². The van der Waals surface area contributed by atoms with Gasteiger partial charge in [-0.05, 0) is 89.2 Å². The van der Waals surface area contributed by atoms with Gasteiger partial charge in [0.15, 0.2) is 17.5 Å². The van der Waals surface area contributed by atoms with Gasteiger partial charge in [-0.3, -0.25) is 81.5 Å². The third-order valence-corrected chi connectivity index (χ3v) is 24.8. The molecule has 728 valence electrons. The Morgan fingerprint density at radius 1 is 0.511 bits per heavy atom. The number of nitrogens with one attached hydrogen (secondary N) is 10. The molecule has 9 rings (SSSR count). The first-order valence-electron chi connectivity index (χ1n) is 44.4. The van der Waals surface area contributed by atoms with Crippen LogP contribution in [0.25, 0.3) is 10.9 Å². The summed E-state index contributed by atoms with van der Waals surface area (Å²) in [4.78, 5) is 258. The number of hydrogen-bond donors (Lipinski definition) is 16. The Morgan fingerprint density at radius 2 is 1.01 bits per heavy atom. The van der Waals surface area contributed by atoms with Crippen LogP contribution in [-0.2, 0) is 114 Å². The van der Waals surface area contributed by atoms with Gasteiger partial charge in [0.1, 0.15) is 84.3 Å². The van der Waals surface area contributed by atoms with Crippen molar-refractivity contribution in [2.24, 2.45) is 23.3 Å². The van der Waals surface area contributed by atoms with E-state index in [2.05, 4.69) is 52.8 Å². The molecule has 0 unspecified atom stereocenters. The van der Waals surface area contributed by atoms with Gasteiger partial charge in [-0.15, -0.1) is 11.8 Å². The van der Waals surface area contributed by atoms with Crippen molar-refractivity contribution in [3.63, 3.8) is 0 Å². The number of amides is 16. The van der Waals surface area contributed by atoms with Crippen LogP contribution in [0, 0.1) is 29.3 Å². The van der Waals surface area contributed by atoms with E-state index in [0.29, 0.717) is 63.5 Å². The molecule has 0 saturated carbocycles. The molecule has 6 aromatic rings. The maximum atomic E-state index is 15.7. The number of phenols is 1. The van der Waals surface area contributed by atoms with Crippen molar-refractivity contribution >= 4 is 123 Å². The number of aliphatic carboxylic acids is 1. The van der Waals surface area contributed by atoms with Crippen LogP contribution in [-0.4, -0.2) is 293 Å². The number of carbonyl (C=O) groups is 17. The number of aromatic amines is 1. The van der Waals surface area contributed by atoms with Crippen molar-refractivity contribution in [3.8, 4) is 5.75 Å². The van der Waals surface area contributed by atoms with Gasteiger partial charge in [0, 0.05) is 108 Å². The first-order valence-corrected chi connectivity index (χ1v) is 45.5. The molecule has 16 amide bonds. The van der Waals surface area contributed by atoms with E-state index in [-0.39, 0.29) is 44.3 Å². The Bertz CT molecular complexity index is 5270. The molecule has 0 bridgehead atoms. The van der Waals surface area contributed by atoms with Crippen molar-refractivity contribution < 1.29 is 115 Å². The number of carbonyl (C=O) groups excluding carboxylic acids is 16. The highest BCUT2D eigenvalue weighted by Gasteiger charge is 2.48. The molecule has 1 aromatic heterocycles. The van der Waals surface area contributed by atoms with E-state index in [1.165, 1.54) is 52.2 Å². The smallest absolute Gasteiger partial charge is 0.305 e. The Kier molecular flexibility index (Phi) is 38.1. The minimum atomic E-state index is -2.07. The van der Waals surface area contributed by atoms with Crippen LogP contribution in [0.4, 0.5) is 13.2 Å². The summed E-state index contributed by atoms with van der Waals surface area (Å²) in [6, 6.07) is 7.14. The highest BCUT2D eigenvalue weighted by atomic mass is 32.2. The molecule has 3 saturated heterocycles. The highest BCUT2D eigenvalue weighted by molar-refractivity contribution is 8.00. The van der Waals surface area contributed by atoms with Gasteiger partial charge in [-0.1, -0.05) is 138 Å². The van der Waals surface area contributed by atoms with Gasteiger partial charge in [-0.2, -0.15) is 0 Å². The average Bonchev–Trinajstić information content (AvgIpc) is 1.68. The number of carboxylic acid groups (broad SMARTS) is 1. The molecule has 0 radical (unpaired) electrons. The number of nitrogens with zero attached hydrogens (tertiary/aromatic N) is 5. The minimum Gasteiger partial charge on any atom is -0.508 e. The first kappa shape index (κ1) is 105. The zero-order valence-electron chi connectivity index (χ0n) is 76.0. The second-order valence-corrected chi connectivity index (χ2v) is 35.9. The Hall–Kier alpha value is -13.5. The summed E-state index contributed by atoms with van der Waals surface area (Å²) in [5, 5.41) is 67.3. The van der Waals surface area contributed by atoms with Crippen LogP contribution < -0.4 is 59.3 Å². The zero-order chi connectivity index (χ0) is 98.9. The van der Waals surface area contributed by atoms with Gasteiger partial charge in [0.2, 0.25) is 94.5 Å². The quantitative estimate of drug-likeness (QED) is 0.0357. The number of halogens is 3. The van der Waals surface area contributed by atoms with E-state index in [1.807, 2.05) is 0 Å². The molecule has 3 fully saturated rings. The number of hydrogen-bond acceptors (Lipinski definition) is 21. The summed E-state index contributed by atoms with van der Waals surface area (Å²) in [5.74, 6) is -26.7. The Balaban J connectivity index is 1.15. The number of benzene rings is 5. The van der Waals surface area contributed by atoms with Crippen molar-refractivity contribution in [2.45, 2.75) is 215 Å². The lowest BCUT2D eigenvalue weighted by molar-refractivity contribution is -0.152. The predicted molar refractivity (Wildman–Crippen MR) is 486 cm³/mol. The summed E-state index contributed by atoms with van der Waals surface area (Å²) in [7, 11) is 3.57. The van der Waals surface area contributed by atoms with Crippen LogP contribution in [0.15, 0.2) is 128 Å². The lowest BCUT2D eigenvalue weighted by Crippen LogP contribution is -2.62. The van der Waals surface area contributed by atoms with E-state index in [0.717, 1.165) is 31.5 Å². The third kappa shape index (κ3) is 29.2. The SMILES string of the molecule is CCCC[C@H]1C(=O)N2C[C@H](O)C[C@@H]2C(=O)N[C@@H](CC(=O)O)C(=O)N[C@@H](C(C)C)C(=O)N(C)[C@@H](Cc2ccccc2)C(=O)N[C@@H](CCC(N)=O)C(=O)N2C[C@H](O)C[C@H]2C(=O)N[C@@H](Cc2c[nH]c3ccccc23)C(=O)N[C@@H](Cc2ccc(O)cc2)C(=O)N[C@@H](CC(C)C)C(=O)N[C@H](C(=O)NCC(N)=O)CSCC(=O)N[C@@H](Cc2cc(F)c(F)c(F)c2)C(=O)N(C)[C@@H](Cc2ccccc2)C(=O)N1C. The fraction of sp³-hybridized carbons (Fsp3) is 0.473. The molecular weight excluding hydrogens is 1780 g/mol. The van der Waals surface area contributed by atoms with Crippen LogP contribution in [0.1, 0.15) is 120 Å². The number of likely N-dealkylation sites (N-methyl/N-ethyl adjacent to an activating group) is 3. The van der Waals surface area contributed by atoms with E-state index >= 15 is 56.7 Å². The summed E-state index contributed by atoms with van der Waals surface area (Å²) < 4.78 is 45.1. The second-order valence-electron chi connectivity index (χ2n) is 34.9. The molecule has 3 aliphatic heterocycles. The fourth-order valence-corrected chi connectivity index (χ4v) is 17.3. The van der Waals surface area contributed by atoms with E-state index < -0.39 is 302 Å². The summed E-state index contributed by atoms with van der Waals surface area (Å²) in [5.41, 5.74) is 12.9. The maximum Gasteiger partial charge on any atom is 0.305 e. The van der Waals surface area contributed by atoms with Gasteiger partial charge < -0.3 is 109 Å². The molecule has 135 heavy (non-hydrogen) atoms. The minimum absolute atomic E-state index is 0.146. The number of aliphatic hydroxyl groups excluding tert-OH is 2. The van der Waals surface area contributed by atoms with Crippen LogP contribution in [0.5, 0.6) is 5.75 Å². The standard InChI is InChI=1S/C93H118F3N17O21S/c1-9-10-25-70-92(133)113-46-58(116)41-73(113)88(129)106-67(42-78(120)121)85(126)108-80(50(4)5)93(134)110(7)71(37-51-19-13-11-14-20-51)86(127)102-63(30-31-75(97)117)90(131)112-45-57(115)40-72(112)87(128)105-66(39-55-43-99-62-24-18-17-23-59(55)62)84(125)104-65(35-53-26-28-56(114)29-27-53)83(124)103-64(32-49(2)3)82(123)107-69(81(122)100-44-76(98)118)47-135-48-77(119)101-68(36-54-33-60(94)79(96)61(95)34-54)89(130)111(8)74(91(132)109(70)6)38-52-21-15-12-16-22-52/h11-24,26-29,33-34,43,49-50,57-58,63-74,80,99,114-116H,9-10,25,30-32,35-42,44-48H2,1-8H3,(H2,97,117)(H2,98,118)(H,100,122)(H,101,119)(H,102,127)(H,103,124)(H,104,125)(H,105,128)(H,106,129)(H,107,123)(H,108,126)(H,120,121)/t57-,58-,63+,64+,65+,66+,67+,68+,69+,70+,71+,72+,73-,74+,80+/m1/s1. The third-order valence-electron chi connectivity index (χ3n) is 23.7. The van der Waals surface area contributed by atoms with E-state index in [1.54, 1.807) is 112 Å². The number of para-hydroxylation sites is 1. The van der Waals surface area contributed by atoms with Crippen molar-refractivity contribution in [2.75, 3.05) is 52.3 Å². The number of aromatic hydroxyl groups is 1. The Morgan fingerprint density at radius 3 is 1.59 bits per heavy atom. The number of primary amides is 2. The lowest BCUT2D eigenvalue weighted by atomic mass is 9.98. The summed E-state index contributed by atoms with van der Waals surface area (Å²) >= 11 is 0.644. The monoisotopic (exact) mass is 1900 g/mol. The van der Waals surface area contributed by atoms with Gasteiger partial charge in [-0.25, -0.2) is 13.2 Å². The molecule has 4 heterocycles. The number of aliphatic hydroxyl groups is 2. The molecule has 3 aliphatic rings. The number of nitrogens with two attached hydrogens (primary N) is 2. The molecule has 18 N–H and O–H groups in total. The molecule has 0 aliphatic carbocycles. The largest absolute Gasteiger partial charge is 0.508 e. The summed E-state index contributed by atoms with van der Waals surface area (Å²) in [6.45, 7) is 6.14. The number of rotatable bonds is 24. The normalized spacial score (nSPS) is 24.5. The van der Waals surface area contributed by atoms with Crippen LogP contribution in [0.2, 0.25) is 0 Å². The Labute approximate surface area is 781 Å². The second kappa shape index (κ2) is 48.9. The molecule has 0 spiro atoms. The molecular formula is C93H118F3N17O21S. The number of carboxylic acids is 1. The average molecular weight is 1900 g/mol. The molecule has 42 heteroatoms. The van der Waals surface area contributed by atoms with Gasteiger partial charge in [0.25, 0.3) is 0 Å². The number of phenolic OH excluding ortho intramolecular Hbond substituents is 1. The van der Waals surface area contributed by atoms with Crippen LogP contribution in [0.3, 0.4) is 0 Å². The van der Waals surface area contributed by atoms with Crippen molar-refractivity contribution in [3.05, 3.63) is 173 Å². The zero-order valence-corrected chi connectivity index (χ0v) is 76.9. The van der Waals surface area contributed by atoms with Crippen molar-refractivity contribution in [1.82, 2.24) is 77.3 Å². The number of aromatic nitrogens is 1. The number of thioether (sulfide) groups is 1.